The quantitative estimate of drug-likeness (QED) is 0.572. The lowest BCUT2D eigenvalue weighted by Crippen LogP contribution is -2.24. The fourth-order valence-electron chi connectivity index (χ4n) is 2.17. The highest BCUT2D eigenvalue weighted by molar-refractivity contribution is 5.67. The van der Waals surface area contributed by atoms with Crippen LogP contribution in [0.2, 0.25) is 0 Å². The summed E-state index contributed by atoms with van der Waals surface area (Å²) in [7, 11) is 0. The lowest BCUT2D eigenvalue weighted by molar-refractivity contribution is -0.423. The molecule has 8 heteroatoms. The lowest BCUT2D eigenvalue weighted by Gasteiger charge is -2.32. The average Bonchev–Trinajstić information content (AvgIpc) is 2.51. The van der Waals surface area contributed by atoms with Gasteiger partial charge in [0.15, 0.2) is 0 Å². The molecule has 0 saturated heterocycles. The van der Waals surface area contributed by atoms with Crippen LogP contribution in [0.3, 0.4) is 0 Å². The smallest absolute Gasteiger partial charge is 0.302 e. The molecule has 2 aliphatic rings. The molecule has 0 saturated carbocycles. The Kier molecular flexibility index (Phi) is 5.43. The maximum atomic E-state index is 12.2. The second-order valence-electron chi connectivity index (χ2n) is 4.98. The summed E-state index contributed by atoms with van der Waals surface area (Å²) in [5, 5.41) is 12.8. The van der Waals surface area contributed by atoms with E-state index >= 15 is 0 Å². The van der Waals surface area contributed by atoms with Crippen molar-refractivity contribution in [1.29, 1.82) is 0 Å². The second-order valence-corrected chi connectivity index (χ2v) is 4.98. The highest BCUT2D eigenvalue weighted by Gasteiger charge is 2.32. The van der Waals surface area contributed by atoms with E-state index in [9.17, 15) is 19.7 Å². The molecule has 0 aromatic heterocycles. The monoisotopic (exact) mass is 332 g/mol. The van der Waals surface area contributed by atoms with E-state index in [1.54, 1.807) is 12.2 Å². The number of allylic oxidation sites excluding steroid dienone is 4. The summed E-state index contributed by atoms with van der Waals surface area (Å²) in [5.74, 6) is -1.02. The first-order valence-corrected chi connectivity index (χ1v) is 7.09. The van der Waals surface area contributed by atoms with Gasteiger partial charge in [0, 0.05) is 30.4 Å². The maximum Gasteiger partial charge on any atom is 0.302 e. The Morgan fingerprint density at radius 3 is 2.29 bits per heavy atom. The Labute approximate surface area is 138 Å². The van der Waals surface area contributed by atoms with Gasteiger partial charge >= 0.3 is 11.9 Å². The molecule has 0 fully saturated rings. The van der Waals surface area contributed by atoms with Gasteiger partial charge in [-0.3, -0.25) is 9.59 Å². The highest BCUT2D eigenvalue weighted by atomic mass is 16.5. The number of hydrogen-bond acceptors (Lipinski definition) is 7. The molecule has 126 valence electrons. The number of hydroxylamine groups is 2. The lowest BCUT2D eigenvalue weighted by atomic mass is 10.0. The number of nitroso groups, excluding NO2 is 1. The van der Waals surface area contributed by atoms with Crippen molar-refractivity contribution >= 4 is 11.9 Å². The summed E-state index contributed by atoms with van der Waals surface area (Å²) in [6, 6.07) is 0. The first kappa shape index (κ1) is 17.4. The third-order valence-corrected chi connectivity index (χ3v) is 3.17. The first-order valence-electron chi connectivity index (χ1n) is 7.09. The van der Waals surface area contributed by atoms with Gasteiger partial charge in [-0.2, -0.15) is 0 Å². The molecule has 24 heavy (non-hydrogen) atoms. The number of carbonyl (C=O) groups excluding carboxylic acids is 2. The van der Waals surface area contributed by atoms with E-state index in [2.05, 4.69) is 0 Å². The summed E-state index contributed by atoms with van der Waals surface area (Å²) in [6.07, 6.45) is 8.59. The van der Waals surface area contributed by atoms with Crippen LogP contribution in [0.15, 0.2) is 59.2 Å². The minimum Gasteiger partial charge on any atom is -0.754 e. The largest absolute Gasteiger partial charge is 0.754 e. The molecule has 0 aromatic carbocycles. The molecule has 0 radical (unpaired) electrons. The molecule has 0 spiro atoms. The van der Waals surface area contributed by atoms with Gasteiger partial charge in [-0.05, 0) is 18.4 Å². The molecule has 0 aromatic rings. The predicted molar refractivity (Wildman–Crippen MR) is 83.6 cm³/mol. The van der Waals surface area contributed by atoms with Gasteiger partial charge in [-0.15, -0.1) is 0 Å². The molecule has 0 unspecified atom stereocenters. The maximum absolute atomic E-state index is 12.2. The van der Waals surface area contributed by atoms with Crippen molar-refractivity contribution in [3.63, 3.8) is 0 Å². The van der Waals surface area contributed by atoms with Crippen LogP contribution in [0.5, 0.6) is 0 Å². The van der Waals surface area contributed by atoms with Gasteiger partial charge < -0.3 is 19.7 Å². The number of esters is 2. The molecule has 0 N–H and O–H groups in total. The van der Waals surface area contributed by atoms with Crippen LogP contribution in [0, 0.1) is 10.1 Å². The normalized spacial score (nSPS) is 19.8. The zero-order valence-electron chi connectivity index (χ0n) is 13.2. The van der Waals surface area contributed by atoms with Gasteiger partial charge in [0.05, 0.1) is 10.3 Å². The van der Waals surface area contributed by atoms with Crippen LogP contribution < -0.4 is 0 Å². The van der Waals surface area contributed by atoms with E-state index in [1.807, 2.05) is 0 Å². The fourth-order valence-corrected chi connectivity index (χ4v) is 2.17. The topological polar surface area (TPSA) is 99.0 Å². The van der Waals surface area contributed by atoms with Crippen LogP contribution >= 0.6 is 0 Å². The van der Waals surface area contributed by atoms with Crippen molar-refractivity contribution in [3.8, 4) is 0 Å². The summed E-state index contributed by atoms with van der Waals surface area (Å²) < 4.78 is 10.4. The minimum atomic E-state index is -0.509. The Bertz CT molecular complexity index is 727. The van der Waals surface area contributed by atoms with Gasteiger partial charge in [-0.1, -0.05) is 6.08 Å². The van der Waals surface area contributed by atoms with Crippen molar-refractivity contribution < 1.29 is 23.8 Å². The molecule has 2 rings (SSSR count). The van der Waals surface area contributed by atoms with Crippen LogP contribution in [0.25, 0.3) is 0 Å². The minimum absolute atomic E-state index is 0.0384. The molecular formula is C16H16N2O6. The zero-order valence-corrected chi connectivity index (χ0v) is 13.2. The number of hydrogen-bond donors (Lipinski definition) is 0. The van der Waals surface area contributed by atoms with E-state index in [0.29, 0.717) is 21.0 Å². The Hall–Kier alpha value is -3.00. The molecule has 0 bridgehead atoms. The van der Waals surface area contributed by atoms with Gasteiger partial charge in [-0.25, -0.2) is 0 Å². The molecular weight excluding hydrogens is 316 g/mol. The number of nitrogens with zero attached hydrogens (tertiary/aromatic N) is 2. The predicted octanol–water partition coefficient (Wildman–Crippen LogP) is 1.81. The van der Waals surface area contributed by atoms with E-state index in [4.69, 9.17) is 9.47 Å². The van der Waals surface area contributed by atoms with E-state index in [-0.39, 0.29) is 24.6 Å². The zero-order chi connectivity index (χ0) is 17.7. The molecule has 2 heterocycles. The SMILES string of the molecule is CC(=O)OCC1=CC=CN([O-])C1=C1C(COC(C)=O)=CC=C[N+]1=O. The summed E-state index contributed by atoms with van der Waals surface area (Å²) in [5.41, 5.74) is 0.804. The van der Waals surface area contributed by atoms with Crippen LogP contribution in [0.4, 0.5) is 0 Å². The van der Waals surface area contributed by atoms with Gasteiger partial charge in [0.25, 0.3) is 5.70 Å². The highest BCUT2D eigenvalue weighted by Crippen LogP contribution is 2.30. The molecule has 2 aliphatic heterocycles. The number of rotatable bonds is 4. The molecule has 0 aliphatic carbocycles. The average molecular weight is 332 g/mol. The third kappa shape index (κ3) is 4.05. The molecule has 0 atom stereocenters. The summed E-state index contributed by atoms with van der Waals surface area (Å²) >= 11 is 0. The Balaban J connectivity index is 2.44. The van der Waals surface area contributed by atoms with Crippen LogP contribution in [-0.2, 0) is 19.1 Å². The van der Waals surface area contributed by atoms with Crippen molar-refractivity contribution in [2.24, 2.45) is 0 Å². The van der Waals surface area contributed by atoms with Crippen molar-refractivity contribution in [3.05, 3.63) is 69.4 Å². The van der Waals surface area contributed by atoms with Gasteiger partial charge in [0.2, 0.25) is 6.20 Å². The Morgan fingerprint density at radius 2 is 1.67 bits per heavy atom. The van der Waals surface area contributed by atoms with Gasteiger partial charge in [0.1, 0.15) is 18.9 Å². The summed E-state index contributed by atoms with van der Waals surface area (Å²) in [6.45, 7) is 2.18. The van der Waals surface area contributed by atoms with Crippen molar-refractivity contribution in [1.82, 2.24) is 5.06 Å². The van der Waals surface area contributed by atoms with Crippen molar-refractivity contribution in [2.75, 3.05) is 13.2 Å². The number of ether oxygens (including phenoxy) is 2. The summed E-state index contributed by atoms with van der Waals surface area (Å²) in [4.78, 5) is 34.3. The van der Waals surface area contributed by atoms with Crippen LogP contribution in [-0.4, -0.2) is 35.0 Å². The molecule has 8 nitrogen and oxygen atoms in total. The second kappa shape index (κ2) is 7.51. The van der Waals surface area contributed by atoms with Crippen molar-refractivity contribution in [2.45, 2.75) is 13.8 Å². The standard InChI is InChI=1S/C16H16N2O6/c1-11(19)23-9-13-5-3-7-17(21)15(13)16-14(10-24-12(2)20)6-4-8-18(16)22/h3-8H,9-10H2,1-2H3. The third-order valence-electron chi connectivity index (χ3n) is 3.17. The van der Waals surface area contributed by atoms with Crippen LogP contribution in [0.1, 0.15) is 13.8 Å². The first-order chi connectivity index (χ1) is 11.4. The van der Waals surface area contributed by atoms with E-state index < -0.39 is 11.9 Å². The Morgan fingerprint density at radius 1 is 1.08 bits per heavy atom. The van der Waals surface area contributed by atoms with E-state index in [0.717, 1.165) is 0 Å². The fraction of sp³-hybridized carbons (Fsp3) is 0.250. The number of carbonyl (C=O) groups is 2. The van der Waals surface area contributed by atoms with E-state index in [1.165, 1.54) is 38.4 Å². The molecule has 0 amide bonds.